The second kappa shape index (κ2) is 7.66. The van der Waals surface area contributed by atoms with E-state index < -0.39 is 0 Å². The van der Waals surface area contributed by atoms with Crippen molar-refractivity contribution in [2.45, 2.75) is 57.2 Å². The van der Waals surface area contributed by atoms with Crippen molar-refractivity contribution in [3.05, 3.63) is 24.3 Å². The van der Waals surface area contributed by atoms with Crippen LogP contribution in [0, 0.1) is 0 Å². The minimum absolute atomic E-state index is 0.0219. The van der Waals surface area contributed by atoms with E-state index in [1.165, 1.54) is 12.8 Å². The average Bonchev–Trinajstić information content (AvgIpc) is 2.57. The van der Waals surface area contributed by atoms with Gasteiger partial charge in [-0.3, -0.25) is 9.59 Å². The van der Waals surface area contributed by atoms with Crippen LogP contribution >= 0.6 is 0 Å². The lowest BCUT2D eigenvalue weighted by Crippen LogP contribution is -3.03. The number of piperazine rings is 1. The molecule has 1 heterocycles. The quantitative estimate of drug-likeness (QED) is 0.745. The van der Waals surface area contributed by atoms with E-state index in [-0.39, 0.29) is 30.3 Å². The van der Waals surface area contributed by atoms with Gasteiger partial charge in [-0.1, -0.05) is 18.6 Å². The van der Waals surface area contributed by atoms with Crippen molar-refractivity contribution >= 4 is 17.5 Å². The first kappa shape index (κ1) is 16.8. The summed E-state index contributed by atoms with van der Waals surface area (Å²) in [7, 11) is 0. The number of anilines is 1. The Morgan fingerprint density at radius 1 is 1.33 bits per heavy atom. The van der Waals surface area contributed by atoms with E-state index in [0.717, 1.165) is 12.8 Å². The van der Waals surface area contributed by atoms with E-state index in [4.69, 9.17) is 4.74 Å². The van der Waals surface area contributed by atoms with Crippen LogP contribution in [0.25, 0.3) is 0 Å². The van der Waals surface area contributed by atoms with Gasteiger partial charge in [0.2, 0.25) is 5.91 Å². The van der Waals surface area contributed by atoms with Gasteiger partial charge in [-0.15, -0.1) is 0 Å². The molecule has 0 radical (unpaired) electrons. The average molecular weight is 332 g/mol. The molecule has 0 spiro atoms. The van der Waals surface area contributed by atoms with Crippen LogP contribution in [0.5, 0.6) is 5.75 Å². The van der Waals surface area contributed by atoms with Crippen molar-refractivity contribution in [2.24, 2.45) is 0 Å². The number of nitrogens with one attached hydrogen (secondary N) is 2. The normalized spacial score (nSPS) is 26.2. The highest BCUT2D eigenvalue weighted by Crippen LogP contribution is 2.24. The topological polar surface area (TPSA) is 84.0 Å². The number of hydrogen-bond donors (Lipinski definition) is 3. The van der Waals surface area contributed by atoms with Crippen molar-refractivity contribution in [3.8, 4) is 5.75 Å². The van der Waals surface area contributed by atoms with E-state index in [1.807, 2.05) is 31.2 Å². The Kier molecular flexibility index (Phi) is 5.35. The smallest absolute Gasteiger partial charge is 0.279 e. The molecule has 0 unspecified atom stereocenters. The van der Waals surface area contributed by atoms with Crippen molar-refractivity contribution in [1.29, 1.82) is 0 Å². The number of amides is 2. The number of quaternary nitrogens is 1. The number of carbonyl (C=O) groups excluding carboxylic acids is 2. The zero-order valence-corrected chi connectivity index (χ0v) is 14.1. The van der Waals surface area contributed by atoms with Gasteiger partial charge < -0.3 is 20.7 Å². The van der Waals surface area contributed by atoms with Gasteiger partial charge >= 0.3 is 0 Å². The van der Waals surface area contributed by atoms with E-state index in [9.17, 15) is 9.59 Å². The monoisotopic (exact) mass is 332 g/mol. The maximum atomic E-state index is 12.4. The third-order valence-corrected chi connectivity index (χ3v) is 4.83. The predicted molar refractivity (Wildman–Crippen MR) is 90.8 cm³/mol. The number of nitrogens with two attached hydrogens (primary N) is 1. The van der Waals surface area contributed by atoms with Gasteiger partial charge in [-0.25, -0.2) is 0 Å². The van der Waals surface area contributed by atoms with E-state index in [2.05, 4.69) is 16.0 Å². The van der Waals surface area contributed by atoms with Crippen LogP contribution < -0.4 is 20.7 Å². The molecule has 3 atom stereocenters. The van der Waals surface area contributed by atoms with Gasteiger partial charge in [0.15, 0.2) is 6.04 Å². The van der Waals surface area contributed by atoms with E-state index in [1.54, 1.807) is 0 Å². The fraction of sp³-hybridized carbons (Fsp3) is 0.556. The Hall–Kier alpha value is -2.08. The first-order chi connectivity index (χ1) is 11.7. The molecule has 0 bridgehead atoms. The van der Waals surface area contributed by atoms with Crippen molar-refractivity contribution in [3.63, 3.8) is 0 Å². The summed E-state index contributed by atoms with van der Waals surface area (Å²) in [6.45, 7) is 2.44. The van der Waals surface area contributed by atoms with Crippen molar-refractivity contribution in [2.75, 3.05) is 11.9 Å². The molecule has 6 nitrogen and oxygen atoms in total. The van der Waals surface area contributed by atoms with Crippen molar-refractivity contribution < 1.29 is 19.6 Å². The molecule has 2 aliphatic rings. The lowest BCUT2D eigenvalue weighted by atomic mass is 9.87. The molecule has 4 N–H and O–H groups in total. The third kappa shape index (κ3) is 3.87. The Balaban J connectivity index is 1.59. The summed E-state index contributed by atoms with van der Waals surface area (Å²) in [5, 5.41) is 8.06. The Bertz CT molecular complexity index is 605. The maximum Gasteiger partial charge on any atom is 0.279 e. The number of benzene rings is 1. The van der Waals surface area contributed by atoms with E-state index >= 15 is 0 Å². The molecule has 1 aliphatic heterocycles. The molecule has 1 aromatic carbocycles. The SMILES string of the molecule is CCOc1ccccc1NC(=O)C[C@@H]1[NH2+][C@@H]2CCCC[C@@H]2NC1=O. The van der Waals surface area contributed by atoms with Gasteiger partial charge in [-0.05, 0) is 31.9 Å². The van der Waals surface area contributed by atoms with Gasteiger partial charge in [0.25, 0.3) is 5.91 Å². The number of ether oxygens (including phenoxy) is 1. The van der Waals surface area contributed by atoms with Crippen LogP contribution in [-0.4, -0.2) is 36.5 Å². The molecule has 1 aromatic rings. The van der Waals surface area contributed by atoms with E-state index in [0.29, 0.717) is 24.1 Å². The summed E-state index contributed by atoms with van der Waals surface area (Å²) in [5.41, 5.74) is 0.649. The number of para-hydroxylation sites is 2. The number of rotatable bonds is 5. The molecular weight excluding hydrogens is 306 g/mol. The minimum Gasteiger partial charge on any atom is -0.492 e. The van der Waals surface area contributed by atoms with Crippen molar-refractivity contribution in [1.82, 2.24) is 5.32 Å². The Labute approximate surface area is 142 Å². The number of hydrogen-bond acceptors (Lipinski definition) is 3. The molecule has 24 heavy (non-hydrogen) atoms. The number of carbonyl (C=O) groups is 2. The minimum atomic E-state index is -0.344. The summed E-state index contributed by atoms with van der Waals surface area (Å²) in [5.74, 6) is 0.469. The van der Waals surface area contributed by atoms with Gasteiger partial charge in [-0.2, -0.15) is 0 Å². The Morgan fingerprint density at radius 2 is 2.12 bits per heavy atom. The third-order valence-electron chi connectivity index (χ3n) is 4.83. The second-order valence-electron chi connectivity index (χ2n) is 6.54. The van der Waals surface area contributed by atoms with Crippen LogP contribution in [0.4, 0.5) is 5.69 Å². The maximum absolute atomic E-state index is 12.4. The molecule has 6 heteroatoms. The molecule has 1 saturated heterocycles. The molecule has 0 aromatic heterocycles. The summed E-state index contributed by atoms with van der Waals surface area (Å²) in [4.78, 5) is 24.6. The predicted octanol–water partition coefficient (Wildman–Crippen LogP) is 0.787. The molecule has 130 valence electrons. The highest BCUT2D eigenvalue weighted by Gasteiger charge is 2.40. The van der Waals surface area contributed by atoms with Crippen LogP contribution in [-0.2, 0) is 9.59 Å². The molecular formula is C18H26N3O3+. The lowest BCUT2D eigenvalue weighted by molar-refractivity contribution is -0.718. The van der Waals surface area contributed by atoms with Crippen LogP contribution in [0.2, 0.25) is 0 Å². The molecule has 2 fully saturated rings. The molecule has 1 saturated carbocycles. The highest BCUT2D eigenvalue weighted by molar-refractivity contribution is 5.96. The summed E-state index contributed by atoms with van der Waals surface area (Å²) in [6, 6.07) is 7.68. The van der Waals surface area contributed by atoms with Crippen LogP contribution in [0.15, 0.2) is 24.3 Å². The summed E-state index contributed by atoms with van der Waals surface area (Å²) >= 11 is 0. The molecule has 3 rings (SSSR count). The Morgan fingerprint density at radius 3 is 2.96 bits per heavy atom. The fourth-order valence-electron chi connectivity index (χ4n) is 3.66. The largest absolute Gasteiger partial charge is 0.492 e. The van der Waals surface area contributed by atoms with Crippen LogP contribution in [0.3, 0.4) is 0 Å². The first-order valence-electron chi connectivity index (χ1n) is 8.84. The standard InChI is InChI=1S/C18H25N3O3/c1-2-24-16-10-6-5-9-14(16)20-17(22)11-15-18(23)21-13-8-4-3-7-12(13)19-15/h5-6,9-10,12-13,15,19H,2-4,7-8,11H2,1H3,(H,20,22)(H,21,23)/p+1/t12-,13+,15+/m1/s1. The second-order valence-corrected chi connectivity index (χ2v) is 6.54. The zero-order chi connectivity index (χ0) is 16.9. The molecule has 1 aliphatic carbocycles. The zero-order valence-electron chi connectivity index (χ0n) is 14.1. The number of fused-ring (bicyclic) bond motifs is 1. The lowest BCUT2D eigenvalue weighted by Gasteiger charge is -2.37. The van der Waals surface area contributed by atoms with Gasteiger partial charge in [0.05, 0.1) is 24.8 Å². The van der Waals surface area contributed by atoms with Crippen LogP contribution in [0.1, 0.15) is 39.0 Å². The molecule has 2 amide bonds. The fourth-order valence-corrected chi connectivity index (χ4v) is 3.66. The first-order valence-corrected chi connectivity index (χ1v) is 8.84. The van der Waals surface area contributed by atoms with Gasteiger partial charge in [0.1, 0.15) is 11.8 Å². The highest BCUT2D eigenvalue weighted by atomic mass is 16.5. The summed E-state index contributed by atoms with van der Waals surface area (Å²) in [6.07, 6.45) is 4.71. The van der Waals surface area contributed by atoms with Gasteiger partial charge in [0, 0.05) is 6.42 Å². The summed E-state index contributed by atoms with van der Waals surface area (Å²) < 4.78 is 5.52.